The van der Waals surface area contributed by atoms with Crippen molar-refractivity contribution >= 4 is 70.5 Å². The van der Waals surface area contributed by atoms with Crippen LogP contribution in [0.5, 0.6) is 0 Å². The molecule has 1 aliphatic carbocycles. The highest BCUT2D eigenvalue weighted by Crippen LogP contribution is 2.38. The second kappa shape index (κ2) is 27.2. The van der Waals surface area contributed by atoms with E-state index < -0.39 is 0 Å². The topological polar surface area (TPSA) is 85.0 Å². The first kappa shape index (κ1) is 52.3. The van der Waals surface area contributed by atoms with Crippen molar-refractivity contribution < 1.29 is 14.4 Å². The van der Waals surface area contributed by atoms with Crippen LogP contribution in [0.3, 0.4) is 0 Å². The van der Waals surface area contributed by atoms with Crippen molar-refractivity contribution in [2.24, 2.45) is 0 Å². The minimum absolute atomic E-state index is 0.0273. The van der Waals surface area contributed by atoms with Crippen molar-refractivity contribution in [3.63, 3.8) is 0 Å². The maximum atomic E-state index is 12.4. The molecule has 3 aliphatic rings. The summed E-state index contributed by atoms with van der Waals surface area (Å²) >= 11 is 0. The Morgan fingerprint density at radius 2 is 0.896 bits per heavy atom. The summed E-state index contributed by atoms with van der Waals surface area (Å²) in [5.41, 5.74) is 13.3. The van der Waals surface area contributed by atoms with Gasteiger partial charge in [0.1, 0.15) is 0 Å². The minimum Gasteiger partial charge on any atom is -0.340 e. The van der Waals surface area contributed by atoms with Crippen LogP contribution in [-0.4, -0.2) is 57.0 Å². The van der Waals surface area contributed by atoms with Crippen molar-refractivity contribution in [3.05, 3.63) is 196 Å². The number of para-hydroxylation sites is 4. The summed E-state index contributed by atoms with van der Waals surface area (Å²) < 4.78 is 0. The van der Waals surface area contributed by atoms with E-state index >= 15 is 0 Å². The van der Waals surface area contributed by atoms with Gasteiger partial charge < -0.3 is 15.5 Å². The number of carbonyl (C=O) groups excluding carboxylic acids is 3. The molecule has 2 heterocycles. The molecule has 4 amide bonds. The van der Waals surface area contributed by atoms with E-state index in [1.807, 2.05) is 139 Å². The zero-order valence-corrected chi connectivity index (χ0v) is 41.1. The van der Waals surface area contributed by atoms with Gasteiger partial charge in [-0.1, -0.05) is 194 Å². The number of hydrogen-bond donors (Lipinski definition) is 2. The molecule has 0 atom stereocenters. The van der Waals surface area contributed by atoms with Gasteiger partial charge in [-0.05, 0) is 94.9 Å². The molecular weight excluding hydrogens is 827 g/mol. The lowest BCUT2D eigenvalue weighted by atomic mass is 9.93. The van der Waals surface area contributed by atoms with Gasteiger partial charge in [-0.25, -0.2) is 9.59 Å². The Morgan fingerprint density at radius 1 is 0.522 bits per heavy atom. The molecule has 0 aromatic heterocycles. The Morgan fingerprint density at radius 3 is 1.37 bits per heavy atom. The third-order valence-corrected chi connectivity index (χ3v) is 11.0. The van der Waals surface area contributed by atoms with Crippen LogP contribution in [0.2, 0.25) is 0 Å². The van der Waals surface area contributed by atoms with E-state index in [1.54, 1.807) is 36.0 Å². The van der Waals surface area contributed by atoms with Crippen LogP contribution < -0.4 is 20.4 Å². The predicted molar refractivity (Wildman–Crippen MR) is 287 cm³/mol. The van der Waals surface area contributed by atoms with E-state index in [2.05, 4.69) is 96.3 Å². The number of nitrogens with one attached hydrogen (secondary N) is 2. The number of fused-ring (bicyclic) bond motifs is 6. The summed E-state index contributed by atoms with van der Waals surface area (Å²) in [6.45, 7) is 16.4. The van der Waals surface area contributed by atoms with Gasteiger partial charge in [-0.2, -0.15) is 0 Å². The van der Waals surface area contributed by atoms with E-state index in [0.29, 0.717) is 17.7 Å². The zero-order valence-electron chi connectivity index (χ0n) is 41.1. The highest BCUT2D eigenvalue weighted by Gasteiger charge is 2.28. The van der Waals surface area contributed by atoms with Crippen LogP contribution in [-0.2, 0) is 6.42 Å². The Kier molecular flexibility index (Phi) is 21.3. The molecule has 9 rings (SSSR count). The van der Waals surface area contributed by atoms with Crippen molar-refractivity contribution in [1.82, 2.24) is 15.5 Å². The van der Waals surface area contributed by atoms with E-state index in [4.69, 9.17) is 0 Å². The molecule has 348 valence electrons. The number of benzene rings is 6. The molecular formula is C59H69N5O3. The summed E-state index contributed by atoms with van der Waals surface area (Å²) in [5, 5.41) is 5.34. The van der Waals surface area contributed by atoms with Gasteiger partial charge in [0, 0.05) is 32.6 Å². The SMILES string of the molecule is CC.CC.CC.CCN(C)CCC=C1c2ccccc2C=Cc2ccccc21.CNC(=O)N1c2ccccc2C=Cc2ccccc21.CNC(=O)N1c2ccccc2CC(=O)c2ccccc21. The van der Waals surface area contributed by atoms with E-state index in [0.717, 1.165) is 53.3 Å². The molecule has 0 saturated carbocycles. The van der Waals surface area contributed by atoms with Gasteiger partial charge >= 0.3 is 12.1 Å². The predicted octanol–water partition coefficient (Wildman–Crippen LogP) is 14.6. The Labute approximate surface area is 400 Å². The molecule has 8 nitrogen and oxygen atoms in total. The maximum Gasteiger partial charge on any atom is 0.326 e. The molecule has 6 aromatic rings. The highest BCUT2D eigenvalue weighted by molar-refractivity contribution is 6.12. The molecule has 0 saturated heterocycles. The molecule has 0 fully saturated rings. The van der Waals surface area contributed by atoms with Crippen LogP contribution in [0.25, 0.3) is 29.9 Å². The molecule has 67 heavy (non-hydrogen) atoms. The number of rotatable bonds is 4. The number of urea groups is 2. The lowest BCUT2D eigenvalue weighted by Crippen LogP contribution is -2.35. The summed E-state index contributed by atoms with van der Waals surface area (Å²) in [6.07, 6.45) is 12.3. The average Bonchev–Trinajstić information content (AvgIpc) is 3.73. The van der Waals surface area contributed by atoms with Gasteiger partial charge in [0.15, 0.2) is 5.78 Å². The van der Waals surface area contributed by atoms with Gasteiger partial charge in [0.25, 0.3) is 0 Å². The minimum atomic E-state index is -0.250. The fraction of sp³-hybridized carbons (Fsp3) is 0.237. The average molecular weight is 896 g/mol. The fourth-order valence-electron chi connectivity index (χ4n) is 7.72. The quantitative estimate of drug-likeness (QED) is 0.184. The highest BCUT2D eigenvalue weighted by atomic mass is 16.2. The fourth-order valence-corrected chi connectivity index (χ4v) is 7.72. The van der Waals surface area contributed by atoms with E-state index in [9.17, 15) is 14.4 Å². The number of ketones is 1. The molecule has 0 spiro atoms. The monoisotopic (exact) mass is 896 g/mol. The normalized spacial score (nSPS) is 11.9. The molecule has 0 bridgehead atoms. The maximum absolute atomic E-state index is 12.4. The van der Waals surface area contributed by atoms with Gasteiger partial charge in [-0.3, -0.25) is 14.6 Å². The van der Waals surface area contributed by atoms with Crippen molar-refractivity contribution in [1.29, 1.82) is 0 Å². The van der Waals surface area contributed by atoms with Crippen LogP contribution in [0.4, 0.5) is 32.3 Å². The van der Waals surface area contributed by atoms with E-state index in [1.165, 1.54) is 27.8 Å². The van der Waals surface area contributed by atoms with Gasteiger partial charge in [0.2, 0.25) is 0 Å². The van der Waals surface area contributed by atoms with Crippen molar-refractivity contribution in [3.8, 4) is 0 Å². The van der Waals surface area contributed by atoms with Gasteiger partial charge in [-0.15, -0.1) is 0 Å². The Hall–Kier alpha value is -7.29. The van der Waals surface area contributed by atoms with Crippen LogP contribution in [0, 0.1) is 0 Å². The van der Waals surface area contributed by atoms with Crippen LogP contribution in [0.15, 0.2) is 152 Å². The third kappa shape index (κ3) is 13.0. The van der Waals surface area contributed by atoms with Crippen LogP contribution in [0.1, 0.15) is 104 Å². The van der Waals surface area contributed by atoms with Crippen LogP contribution >= 0.6 is 0 Å². The second-order valence-electron chi connectivity index (χ2n) is 14.8. The lowest BCUT2D eigenvalue weighted by molar-refractivity contribution is 0.0994. The van der Waals surface area contributed by atoms with Crippen molar-refractivity contribution in [2.45, 2.75) is 61.3 Å². The lowest BCUT2D eigenvalue weighted by Gasteiger charge is -2.24. The summed E-state index contributed by atoms with van der Waals surface area (Å²) in [5.74, 6) is 0.0273. The van der Waals surface area contributed by atoms with Crippen molar-refractivity contribution in [2.75, 3.05) is 44.0 Å². The number of hydrogen-bond acceptors (Lipinski definition) is 4. The Balaban J connectivity index is 0.000000208. The molecule has 8 heteroatoms. The largest absolute Gasteiger partial charge is 0.340 e. The Bertz CT molecular complexity index is 2540. The number of Topliss-reactive ketones (excluding diaryl/α,β-unsaturated/α-hetero) is 1. The molecule has 6 aromatic carbocycles. The molecule has 2 aliphatic heterocycles. The summed E-state index contributed by atoms with van der Waals surface area (Å²) in [6, 6.07) is 47.4. The zero-order chi connectivity index (χ0) is 48.7. The van der Waals surface area contributed by atoms with Gasteiger partial charge in [0.05, 0.1) is 22.7 Å². The molecule has 0 unspecified atom stereocenters. The molecule has 2 N–H and O–H groups in total. The number of nitrogens with zero attached hydrogens (tertiary/aromatic N) is 3. The first-order valence-electron chi connectivity index (χ1n) is 23.7. The first-order chi connectivity index (χ1) is 32.8. The molecule has 0 radical (unpaired) electrons. The summed E-state index contributed by atoms with van der Waals surface area (Å²) in [4.78, 5) is 42.5. The smallest absolute Gasteiger partial charge is 0.326 e. The second-order valence-corrected chi connectivity index (χ2v) is 14.8. The standard InChI is InChI=1S/C21H23N.C16H14N2O2.C16H14N2O.3C2H6/c1-3-22(2)16-8-13-21-19-11-6-4-9-17(19)14-15-18-10-5-7-12-20(18)21;1-17-16(20)18-13-8-4-2-6-11(13)10-15(19)12-7-3-5-9-14(12)18;1-17-16(19)18-14-8-4-2-6-12(14)10-11-13-7-3-5-9-15(13)18;3*1-2/h4-7,9-15H,3,8,16H2,1-2H3;2-9H,10H2,1H3,(H,17,20);2-11H,1H3,(H,17,19);3*1-2H3. The third-order valence-electron chi connectivity index (χ3n) is 11.0. The summed E-state index contributed by atoms with van der Waals surface area (Å²) in [7, 11) is 5.40. The van der Waals surface area contributed by atoms with E-state index in [-0.39, 0.29) is 17.8 Å². The number of amides is 4. The first-order valence-corrected chi connectivity index (χ1v) is 23.7. The number of anilines is 4. The number of carbonyl (C=O) groups is 3.